The fourth-order valence-electron chi connectivity index (χ4n) is 2.38. The van der Waals surface area contributed by atoms with Gasteiger partial charge in [0.15, 0.2) is 0 Å². The van der Waals surface area contributed by atoms with Gasteiger partial charge in [0, 0.05) is 12.2 Å². The Bertz CT molecular complexity index is 536. The predicted octanol–water partition coefficient (Wildman–Crippen LogP) is 2.64. The van der Waals surface area contributed by atoms with Gasteiger partial charge in [-0.1, -0.05) is 18.2 Å². The summed E-state index contributed by atoms with van der Waals surface area (Å²) in [7, 11) is 0. The van der Waals surface area contributed by atoms with E-state index in [-0.39, 0.29) is 6.61 Å². The lowest BCUT2D eigenvalue weighted by molar-refractivity contribution is 0.276. The van der Waals surface area contributed by atoms with Crippen LogP contribution in [0.4, 0.5) is 11.7 Å². The van der Waals surface area contributed by atoms with Crippen molar-refractivity contribution in [1.29, 1.82) is 0 Å². The molecule has 0 spiro atoms. The highest BCUT2D eigenvalue weighted by Crippen LogP contribution is 2.31. The number of aryl methyl sites for hydroxylation is 1. The first kappa shape index (κ1) is 11.3. The molecule has 1 aromatic carbocycles. The molecule has 1 aliphatic rings. The van der Waals surface area contributed by atoms with E-state index < -0.39 is 0 Å². The van der Waals surface area contributed by atoms with Crippen molar-refractivity contribution in [2.45, 2.75) is 25.9 Å². The molecule has 0 unspecified atom stereocenters. The van der Waals surface area contributed by atoms with E-state index in [1.807, 2.05) is 6.07 Å². The van der Waals surface area contributed by atoms with Crippen LogP contribution in [0.2, 0.25) is 0 Å². The van der Waals surface area contributed by atoms with E-state index in [4.69, 9.17) is 9.52 Å². The van der Waals surface area contributed by atoms with Crippen molar-refractivity contribution < 1.29 is 9.52 Å². The molecule has 0 atom stereocenters. The maximum Gasteiger partial charge on any atom is 0.302 e. The molecule has 0 fully saturated rings. The quantitative estimate of drug-likeness (QED) is 0.882. The Morgan fingerprint density at radius 3 is 3.00 bits per heavy atom. The van der Waals surface area contributed by atoms with Crippen LogP contribution >= 0.6 is 0 Å². The first-order valence-electron chi connectivity index (χ1n) is 6.29. The molecule has 1 aromatic heterocycles. The molecule has 2 aromatic rings. The molecule has 0 amide bonds. The van der Waals surface area contributed by atoms with Crippen LogP contribution in [0.3, 0.4) is 0 Å². The number of nitrogens with zero attached hydrogens (tertiary/aromatic N) is 2. The first-order chi connectivity index (χ1) is 8.88. The summed E-state index contributed by atoms with van der Waals surface area (Å²) in [4.78, 5) is 6.40. The zero-order valence-corrected chi connectivity index (χ0v) is 10.2. The number of aliphatic hydroxyl groups excluding tert-OH is 1. The molecule has 2 heterocycles. The van der Waals surface area contributed by atoms with Crippen LogP contribution < -0.4 is 4.90 Å². The van der Waals surface area contributed by atoms with Gasteiger partial charge in [0.05, 0.1) is 6.61 Å². The summed E-state index contributed by atoms with van der Waals surface area (Å²) >= 11 is 0. The fraction of sp³-hybridized carbons (Fsp3) is 0.357. The van der Waals surface area contributed by atoms with E-state index >= 15 is 0 Å². The average Bonchev–Trinajstić information content (AvgIpc) is 2.78. The van der Waals surface area contributed by atoms with E-state index in [2.05, 4.69) is 28.1 Å². The number of para-hydroxylation sites is 1. The Balaban J connectivity index is 2.00. The monoisotopic (exact) mass is 244 g/mol. The van der Waals surface area contributed by atoms with Crippen molar-refractivity contribution in [1.82, 2.24) is 4.98 Å². The maximum absolute atomic E-state index is 9.06. The topological polar surface area (TPSA) is 49.5 Å². The van der Waals surface area contributed by atoms with Crippen LogP contribution in [0.15, 0.2) is 34.9 Å². The summed E-state index contributed by atoms with van der Waals surface area (Å²) in [6.07, 6.45) is 4.91. The molecule has 3 rings (SSSR count). The van der Waals surface area contributed by atoms with Crippen LogP contribution in [0.1, 0.15) is 24.1 Å². The summed E-state index contributed by atoms with van der Waals surface area (Å²) in [5.74, 6) is 0. The molecule has 0 saturated heterocycles. The normalized spacial score (nSPS) is 15.3. The van der Waals surface area contributed by atoms with Crippen molar-refractivity contribution in [2.24, 2.45) is 0 Å². The number of aromatic nitrogens is 1. The highest BCUT2D eigenvalue weighted by atomic mass is 16.4. The van der Waals surface area contributed by atoms with Crippen molar-refractivity contribution in [3.05, 3.63) is 41.8 Å². The minimum absolute atomic E-state index is 0.0843. The number of rotatable bonds is 2. The van der Waals surface area contributed by atoms with Gasteiger partial charge in [0.2, 0.25) is 0 Å². The van der Waals surface area contributed by atoms with Crippen molar-refractivity contribution in [2.75, 3.05) is 11.4 Å². The van der Waals surface area contributed by atoms with E-state index in [0.717, 1.165) is 19.4 Å². The molecule has 94 valence electrons. The van der Waals surface area contributed by atoms with Gasteiger partial charge in [-0.25, -0.2) is 0 Å². The lowest BCUT2D eigenvalue weighted by Crippen LogP contribution is -2.18. The van der Waals surface area contributed by atoms with Crippen molar-refractivity contribution >= 4 is 11.7 Å². The van der Waals surface area contributed by atoms with E-state index in [9.17, 15) is 0 Å². The second kappa shape index (κ2) is 4.82. The van der Waals surface area contributed by atoms with E-state index in [1.54, 1.807) is 0 Å². The number of oxazole rings is 1. The third kappa shape index (κ3) is 1.99. The van der Waals surface area contributed by atoms with Gasteiger partial charge in [-0.3, -0.25) is 4.90 Å². The van der Waals surface area contributed by atoms with Crippen molar-refractivity contribution in [3.63, 3.8) is 0 Å². The zero-order valence-electron chi connectivity index (χ0n) is 10.2. The number of aliphatic hydroxyl groups is 1. The lowest BCUT2D eigenvalue weighted by atomic mass is 10.1. The summed E-state index contributed by atoms with van der Waals surface area (Å²) in [5.41, 5.74) is 3.08. The third-order valence-electron chi connectivity index (χ3n) is 3.29. The minimum Gasteiger partial charge on any atom is -0.431 e. The van der Waals surface area contributed by atoms with Crippen LogP contribution in [-0.4, -0.2) is 16.6 Å². The number of fused-ring (bicyclic) bond motifs is 1. The average molecular weight is 244 g/mol. The van der Waals surface area contributed by atoms with Gasteiger partial charge in [-0.05, 0) is 30.9 Å². The van der Waals surface area contributed by atoms with Crippen molar-refractivity contribution in [3.8, 4) is 0 Å². The van der Waals surface area contributed by atoms with Crippen LogP contribution in [-0.2, 0) is 13.0 Å². The Kier molecular flexibility index (Phi) is 3.02. The molecule has 4 heteroatoms. The Morgan fingerprint density at radius 1 is 1.28 bits per heavy atom. The second-order valence-corrected chi connectivity index (χ2v) is 4.52. The third-order valence-corrected chi connectivity index (χ3v) is 3.29. The van der Waals surface area contributed by atoms with Gasteiger partial charge in [-0.2, -0.15) is 4.98 Å². The molecule has 0 bridgehead atoms. The molecular formula is C14H16N2O2. The Labute approximate surface area is 106 Å². The summed E-state index contributed by atoms with van der Waals surface area (Å²) in [6, 6.07) is 8.94. The van der Waals surface area contributed by atoms with Gasteiger partial charge in [0.25, 0.3) is 0 Å². The lowest BCUT2D eigenvalue weighted by Gasteiger charge is -2.20. The van der Waals surface area contributed by atoms with Crippen LogP contribution in [0.5, 0.6) is 0 Å². The van der Waals surface area contributed by atoms with Gasteiger partial charge in [0.1, 0.15) is 12.0 Å². The highest BCUT2D eigenvalue weighted by molar-refractivity contribution is 5.61. The Hall–Kier alpha value is -1.81. The number of benzene rings is 1. The van der Waals surface area contributed by atoms with Gasteiger partial charge in [-0.15, -0.1) is 0 Å². The van der Waals surface area contributed by atoms with E-state index in [0.29, 0.717) is 11.7 Å². The molecule has 0 aliphatic carbocycles. The SMILES string of the molecule is OCc1coc(N2CCCCc3ccccc32)n1. The smallest absolute Gasteiger partial charge is 0.302 e. The van der Waals surface area contributed by atoms with Crippen LogP contribution in [0.25, 0.3) is 0 Å². The Morgan fingerprint density at radius 2 is 2.17 bits per heavy atom. The number of anilines is 2. The second-order valence-electron chi connectivity index (χ2n) is 4.52. The standard InChI is InChI=1S/C14H16N2O2/c17-9-12-10-18-14(15-12)16-8-4-3-6-11-5-1-2-7-13(11)16/h1-2,5,7,10,17H,3-4,6,8-9H2. The van der Waals surface area contributed by atoms with Crippen LogP contribution in [0, 0.1) is 0 Å². The van der Waals surface area contributed by atoms with Gasteiger partial charge < -0.3 is 9.52 Å². The molecule has 18 heavy (non-hydrogen) atoms. The summed E-state index contributed by atoms with van der Waals surface area (Å²) < 4.78 is 5.46. The predicted molar refractivity (Wildman–Crippen MR) is 68.8 cm³/mol. The molecule has 0 radical (unpaired) electrons. The molecule has 0 saturated carbocycles. The molecule has 4 nitrogen and oxygen atoms in total. The number of hydrogen-bond acceptors (Lipinski definition) is 4. The minimum atomic E-state index is -0.0843. The zero-order chi connectivity index (χ0) is 12.4. The molecule has 1 N–H and O–H groups in total. The highest BCUT2D eigenvalue weighted by Gasteiger charge is 2.20. The maximum atomic E-state index is 9.06. The molecular weight excluding hydrogens is 228 g/mol. The molecule has 1 aliphatic heterocycles. The number of hydrogen-bond donors (Lipinski definition) is 1. The fourth-order valence-corrected chi connectivity index (χ4v) is 2.38. The largest absolute Gasteiger partial charge is 0.431 e. The van der Waals surface area contributed by atoms with Gasteiger partial charge >= 0.3 is 6.01 Å². The van der Waals surface area contributed by atoms with E-state index in [1.165, 1.54) is 23.9 Å². The summed E-state index contributed by atoms with van der Waals surface area (Å²) in [6.45, 7) is 0.821. The first-order valence-corrected chi connectivity index (χ1v) is 6.29. The summed E-state index contributed by atoms with van der Waals surface area (Å²) in [5, 5.41) is 9.06.